The van der Waals surface area contributed by atoms with Crippen molar-refractivity contribution in [3.8, 4) is 0 Å². The third-order valence-corrected chi connectivity index (χ3v) is 3.23. The van der Waals surface area contributed by atoms with E-state index in [4.69, 9.17) is 0 Å². The molecule has 3 nitrogen and oxygen atoms in total. The minimum absolute atomic E-state index is 0. The third kappa shape index (κ3) is 2.80. The molecule has 102 valence electrons. The van der Waals surface area contributed by atoms with E-state index in [9.17, 15) is 4.79 Å². The van der Waals surface area contributed by atoms with E-state index >= 15 is 0 Å². The average Bonchev–Trinajstić information content (AvgIpc) is 2.83. The molecule has 0 atom stereocenters. The Kier molecular flexibility index (Phi) is 4.35. The molecule has 1 N–H and O–H groups in total. The number of nitrogens with one attached hydrogen (secondary N) is 1. The zero-order chi connectivity index (χ0) is 13.2. The predicted molar refractivity (Wildman–Crippen MR) is 75.3 cm³/mol. The highest BCUT2D eigenvalue weighted by Crippen LogP contribution is 2.17. The molecule has 0 aromatic heterocycles. The molecule has 0 fully saturated rings. The summed E-state index contributed by atoms with van der Waals surface area (Å²) in [6.45, 7) is 2.64. The van der Waals surface area contributed by atoms with Gasteiger partial charge in [0.15, 0.2) is 0 Å². The first-order valence-electron chi connectivity index (χ1n) is 6.25. The van der Waals surface area contributed by atoms with E-state index in [-0.39, 0.29) is 22.9 Å². The average molecular weight is 330 g/mol. The molecule has 0 spiro atoms. The van der Waals surface area contributed by atoms with Gasteiger partial charge in [-0.3, -0.25) is 9.79 Å². The minimum atomic E-state index is -0.115. The molecule has 0 radical (unpaired) electrons. The fourth-order valence-corrected chi connectivity index (χ4v) is 2.13. The van der Waals surface area contributed by atoms with Crippen molar-refractivity contribution < 1.29 is 21.8 Å². The number of hydrogen-bond acceptors (Lipinski definition) is 2. The maximum Gasteiger partial charge on any atom is 0.256 e. The lowest BCUT2D eigenvalue weighted by Crippen LogP contribution is -3.00. The lowest BCUT2D eigenvalue weighted by Gasteiger charge is -2.06. The molecule has 4 heteroatoms. The number of amides is 1. The summed E-state index contributed by atoms with van der Waals surface area (Å²) in [6, 6.07) is 15.5. The summed E-state index contributed by atoms with van der Waals surface area (Å²) >= 11 is 0. The Morgan fingerprint density at radius 2 is 1.80 bits per heavy atom. The summed E-state index contributed by atoms with van der Waals surface area (Å²) in [7, 11) is 0. The molecule has 2 aromatic rings. The number of nitrogens with zero attached hydrogens (tertiary/aromatic N) is 1. The zero-order valence-corrected chi connectivity index (χ0v) is 12.6. The number of amidine groups is 1. The van der Waals surface area contributed by atoms with Gasteiger partial charge >= 0.3 is 0 Å². The summed E-state index contributed by atoms with van der Waals surface area (Å²) in [6.07, 6.45) is 0. The lowest BCUT2D eigenvalue weighted by atomic mass is 10.1. The van der Waals surface area contributed by atoms with Crippen LogP contribution in [0.2, 0.25) is 0 Å². The van der Waals surface area contributed by atoms with Crippen molar-refractivity contribution in [2.24, 2.45) is 4.99 Å². The Balaban J connectivity index is 0.00000147. The van der Waals surface area contributed by atoms with Crippen LogP contribution in [0.15, 0.2) is 53.5 Å². The molecule has 3 rings (SSSR count). The molecule has 0 saturated carbocycles. The maximum atomic E-state index is 12.1. The van der Waals surface area contributed by atoms with Crippen LogP contribution < -0.4 is 22.3 Å². The number of halogens is 1. The highest BCUT2D eigenvalue weighted by molar-refractivity contribution is 6.14. The van der Waals surface area contributed by atoms with Crippen LogP contribution >= 0.6 is 0 Å². The quantitative estimate of drug-likeness (QED) is 0.766. The Morgan fingerprint density at radius 3 is 2.55 bits per heavy atom. The van der Waals surface area contributed by atoms with Gasteiger partial charge in [0.1, 0.15) is 5.84 Å². The lowest BCUT2D eigenvalue weighted by molar-refractivity contribution is -0.0000123. The van der Waals surface area contributed by atoms with Gasteiger partial charge in [-0.05, 0) is 24.6 Å². The molecular weight excluding hydrogens is 316 g/mol. The third-order valence-electron chi connectivity index (χ3n) is 3.23. The predicted octanol–water partition coefficient (Wildman–Crippen LogP) is -0.311. The number of aryl methyl sites for hydroxylation is 1. The Bertz CT molecular complexity index is 662. The van der Waals surface area contributed by atoms with Crippen LogP contribution in [0.5, 0.6) is 0 Å². The summed E-state index contributed by atoms with van der Waals surface area (Å²) in [5.74, 6) is 0.552. The summed E-state index contributed by atoms with van der Waals surface area (Å²) in [4.78, 5) is 16.5. The number of hydrogen-bond donors (Lipinski definition) is 1. The molecule has 1 aliphatic rings. The van der Waals surface area contributed by atoms with Crippen molar-refractivity contribution in [3.05, 3.63) is 70.8 Å². The SMILES string of the molecule is Cc1ccc(C(=O)NC2=NCc3ccccc32)cc1.[Br-]. The van der Waals surface area contributed by atoms with E-state index in [1.54, 1.807) is 0 Å². The monoisotopic (exact) mass is 329 g/mol. The van der Waals surface area contributed by atoms with Crippen LogP contribution in [0.3, 0.4) is 0 Å². The number of fused-ring (bicyclic) bond motifs is 1. The molecule has 0 unspecified atom stereocenters. The molecule has 0 bridgehead atoms. The molecular formula is C16H14BrN2O-. The van der Waals surface area contributed by atoms with Crippen molar-refractivity contribution in [2.75, 3.05) is 0 Å². The van der Waals surface area contributed by atoms with Gasteiger partial charge in [-0.2, -0.15) is 0 Å². The first-order chi connectivity index (χ1) is 9.24. The van der Waals surface area contributed by atoms with Crippen LogP contribution in [-0.4, -0.2) is 11.7 Å². The molecule has 1 heterocycles. The van der Waals surface area contributed by atoms with E-state index in [2.05, 4.69) is 10.3 Å². The molecule has 2 aromatic carbocycles. The van der Waals surface area contributed by atoms with Gasteiger partial charge in [0.05, 0.1) is 6.54 Å². The fraction of sp³-hybridized carbons (Fsp3) is 0.125. The molecule has 1 aliphatic heterocycles. The molecule has 20 heavy (non-hydrogen) atoms. The Hall–Kier alpha value is -1.94. The van der Waals surface area contributed by atoms with Crippen LogP contribution in [0, 0.1) is 6.92 Å². The molecule has 0 aliphatic carbocycles. The first kappa shape index (κ1) is 14.5. The Morgan fingerprint density at radius 1 is 1.10 bits per heavy atom. The second-order valence-corrected chi connectivity index (χ2v) is 4.64. The van der Waals surface area contributed by atoms with Gasteiger partial charge in [0, 0.05) is 11.1 Å². The largest absolute Gasteiger partial charge is 1.00 e. The normalized spacial score (nSPS) is 12.2. The van der Waals surface area contributed by atoms with Crippen molar-refractivity contribution in [1.82, 2.24) is 5.32 Å². The van der Waals surface area contributed by atoms with Gasteiger partial charge in [-0.1, -0.05) is 42.0 Å². The van der Waals surface area contributed by atoms with E-state index in [0.29, 0.717) is 17.9 Å². The van der Waals surface area contributed by atoms with Crippen LogP contribution in [0.25, 0.3) is 0 Å². The van der Waals surface area contributed by atoms with Crippen molar-refractivity contribution in [2.45, 2.75) is 13.5 Å². The number of benzene rings is 2. The summed E-state index contributed by atoms with van der Waals surface area (Å²) < 4.78 is 0. The smallest absolute Gasteiger partial charge is 0.256 e. The summed E-state index contributed by atoms with van der Waals surface area (Å²) in [5.41, 5.74) is 3.96. The van der Waals surface area contributed by atoms with Crippen LogP contribution in [-0.2, 0) is 6.54 Å². The van der Waals surface area contributed by atoms with Gasteiger partial charge < -0.3 is 22.3 Å². The highest BCUT2D eigenvalue weighted by atomic mass is 79.9. The highest BCUT2D eigenvalue weighted by Gasteiger charge is 2.17. The van der Waals surface area contributed by atoms with Gasteiger partial charge in [0.2, 0.25) is 0 Å². The van der Waals surface area contributed by atoms with Crippen molar-refractivity contribution in [1.29, 1.82) is 0 Å². The van der Waals surface area contributed by atoms with E-state index < -0.39 is 0 Å². The van der Waals surface area contributed by atoms with E-state index in [0.717, 1.165) is 16.7 Å². The van der Waals surface area contributed by atoms with E-state index in [1.807, 2.05) is 55.5 Å². The van der Waals surface area contributed by atoms with Crippen LogP contribution in [0.4, 0.5) is 0 Å². The molecule has 1 amide bonds. The molecule has 0 saturated heterocycles. The van der Waals surface area contributed by atoms with Crippen LogP contribution in [0.1, 0.15) is 27.0 Å². The maximum absolute atomic E-state index is 12.1. The van der Waals surface area contributed by atoms with Crippen molar-refractivity contribution in [3.63, 3.8) is 0 Å². The minimum Gasteiger partial charge on any atom is -1.00 e. The number of carbonyl (C=O) groups excluding carboxylic acids is 1. The fourth-order valence-electron chi connectivity index (χ4n) is 2.13. The number of rotatable bonds is 1. The van der Waals surface area contributed by atoms with Crippen molar-refractivity contribution >= 4 is 11.7 Å². The van der Waals surface area contributed by atoms with Gasteiger partial charge in [0.25, 0.3) is 5.91 Å². The Labute approximate surface area is 128 Å². The second-order valence-electron chi connectivity index (χ2n) is 4.64. The topological polar surface area (TPSA) is 41.5 Å². The first-order valence-corrected chi connectivity index (χ1v) is 6.25. The van der Waals surface area contributed by atoms with Gasteiger partial charge in [-0.25, -0.2) is 0 Å². The van der Waals surface area contributed by atoms with E-state index in [1.165, 1.54) is 0 Å². The summed E-state index contributed by atoms with van der Waals surface area (Å²) in [5, 5.41) is 2.88. The number of carbonyl (C=O) groups is 1. The standard InChI is InChI=1S/C16H14N2O.BrH/c1-11-6-8-12(9-7-11)16(19)18-15-14-5-3-2-4-13(14)10-17-15;/h2-9H,10H2,1H3,(H,17,18,19);1H/p-1. The van der Waals surface area contributed by atoms with Gasteiger partial charge in [-0.15, -0.1) is 0 Å². The second kappa shape index (κ2) is 6.01. The number of aliphatic imine (C=N–C) groups is 1. The zero-order valence-electron chi connectivity index (χ0n) is 11.1.